The highest BCUT2D eigenvalue weighted by Gasteiger charge is 2.15. The molecule has 0 aliphatic carbocycles. The van der Waals surface area contributed by atoms with E-state index in [9.17, 15) is 0 Å². The minimum atomic E-state index is 0. The van der Waals surface area contributed by atoms with E-state index in [1.165, 1.54) is 0 Å². The van der Waals surface area contributed by atoms with E-state index in [0.29, 0.717) is 17.7 Å². The molecule has 0 aromatic rings. The summed E-state index contributed by atoms with van der Waals surface area (Å²) in [6.07, 6.45) is 2.58. The molecule has 0 bridgehead atoms. The van der Waals surface area contributed by atoms with Gasteiger partial charge >= 0.3 is 0 Å². The molecule has 0 aromatic carbocycles. The van der Waals surface area contributed by atoms with Crippen LogP contribution in [-0.2, 0) is 4.74 Å². The maximum Gasteiger partial charge on any atom is 0.191 e. The third-order valence-corrected chi connectivity index (χ3v) is 2.39. The fourth-order valence-corrected chi connectivity index (χ4v) is 1.58. The Kier molecular flexibility index (Phi) is 9.96. The fourth-order valence-electron chi connectivity index (χ4n) is 1.52. The lowest BCUT2D eigenvalue weighted by molar-refractivity contribution is 0.114. The second-order valence-electron chi connectivity index (χ2n) is 3.73. The minimum Gasteiger partial charge on any atom is -0.376 e. The molecule has 0 aromatic heterocycles. The Morgan fingerprint density at radius 3 is 2.82 bits per heavy atom. The molecule has 1 rings (SSSR count). The van der Waals surface area contributed by atoms with Crippen LogP contribution in [0.5, 0.6) is 0 Å². The topological polar surface area (TPSA) is 45.7 Å². The number of halogens is 2. The number of hydrogen-bond acceptors (Lipinski definition) is 2. The lowest BCUT2D eigenvalue weighted by atomic mass is 10.2. The van der Waals surface area contributed by atoms with E-state index in [2.05, 4.69) is 22.2 Å². The lowest BCUT2D eigenvalue weighted by Gasteiger charge is -2.14. The number of ether oxygens (including phenoxy) is 1. The molecule has 0 saturated carbocycles. The van der Waals surface area contributed by atoms with Crippen molar-refractivity contribution in [3.8, 4) is 0 Å². The van der Waals surface area contributed by atoms with Gasteiger partial charge in [0.05, 0.1) is 12.6 Å². The van der Waals surface area contributed by atoms with Crippen molar-refractivity contribution in [3.05, 3.63) is 11.6 Å². The van der Waals surface area contributed by atoms with Crippen LogP contribution in [0.15, 0.2) is 16.6 Å². The maximum absolute atomic E-state index is 5.67. The van der Waals surface area contributed by atoms with Crippen LogP contribution in [0, 0.1) is 0 Å². The summed E-state index contributed by atoms with van der Waals surface area (Å²) in [6.45, 7) is 8.55. The second kappa shape index (κ2) is 9.96. The first kappa shape index (κ1) is 17.0. The first-order valence-electron chi connectivity index (χ1n) is 5.69. The van der Waals surface area contributed by atoms with Crippen molar-refractivity contribution in [2.75, 3.05) is 26.2 Å². The molecular weight excluding hydrogens is 352 g/mol. The van der Waals surface area contributed by atoms with E-state index in [1.54, 1.807) is 0 Å². The van der Waals surface area contributed by atoms with E-state index in [4.69, 9.17) is 16.3 Å². The highest BCUT2D eigenvalue weighted by Crippen LogP contribution is 2.10. The molecule has 0 spiro atoms. The average molecular weight is 374 g/mol. The van der Waals surface area contributed by atoms with E-state index >= 15 is 0 Å². The number of hydrogen-bond donors (Lipinski definition) is 2. The first-order valence-corrected chi connectivity index (χ1v) is 6.07. The molecule has 1 saturated heterocycles. The van der Waals surface area contributed by atoms with E-state index < -0.39 is 0 Å². The highest BCUT2D eigenvalue weighted by molar-refractivity contribution is 14.0. The van der Waals surface area contributed by atoms with Crippen molar-refractivity contribution in [1.82, 2.24) is 10.6 Å². The minimum absolute atomic E-state index is 0. The zero-order valence-electron chi connectivity index (χ0n) is 10.2. The predicted molar refractivity (Wildman–Crippen MR) is 83.4 cm³/mol. The molecule has 1 aliphatic rings. The summed E-state index contributed by atoms with van der Waals surface area (Å²) in [5, 5.41) is 6.91. The molecule has 1 heterocycles. The van der Waals surface area contributed by atoms with Gasteiger partial charge in [-0.05, 0) is 19.8 Å². The lowest BCUT2D eigenvalue weighted by Crippen LogP contribution is -2.41. The monoisotopic (exact) mass is 373 g/mol. The molecule has 0 radical (unpaired) electrons. The third-order valence-electron chi connectivity index (χ3n) is 2.27. The summed E-state index contributed by atoms with van der Waals surface area (Å²) < 4.78 is 5.52. The van der Waals surface area contributed by atoms with Crippen LogP contribution in [0.2, 0.25) is 0 Å². The average Bonchev–Trinajstić information content (AvgIpc) is 2.75. The number of guanidine groups is 1. The zero-order valence-corrected chi connectivity index (χ0v) is 13.3. The summed E-state index contributed by atoms with van der Waals surface area (Å²) in [5.41, 5.74) is 0. The van der Waals surface area contributed by atoms with Crippen LogP contribution in [0.4, 0.5) is 0 Å². The molecular formula is C11H21ClIN3O. The molecule has 0 amide bonds. The Bertz CT molecular complexity index is 255. The van der Waals surface area contributed by atoms with Crippen LogP contribution in [0.3, 0.4) is 0 Å². The van der Waals surface area contributed by atoms with Gasteiger partial charge in [-0.25, -0.2) is 4.99 Å². The fraction of sp³-hybridized carbons (Fsp3) is 0.727. The van der Waals surface area contributed by atoms with Gasteiger partial charge in [0.2, 0.25) is 0 Å². The Hall–Kier alpha value is -0.0100. The smallest absolute Gasteiger partial charge is 0.191 e. The van der Waals surface area contributed by atoms with Gasteiger partial charge in [-0.3, -0.25) is 0 Å². The van der Waals surface area contributed by atoms with Crippen LogP contribution < -0.4 is 10.6 Å². The number of rotatable bonds is 5. The second-order valence-corrected chi connectivity index (χ2v) is 4.26. The van der Waals surface area contributed by atoms with Gasteiger partial charge < -0.3 is 15.4 Å². The van der Waals surface area contributed by atoms with Gasteiger partial charge in [0.15, 0.2) is 5.96 Å². The third kappa shape index (κ3) is 7.83. The van der Waals surface area contributed by atoms with Crippen molar-refractivity contribution < 1.29 is 4.74 Å². The van der Waals surface area contributed by atoms with Gasteiger partial charge in [0, 0.05) is 24.7 Å². The largest absolute Gasteiger partial charge is 0.376 e. The Morgan fingerprint density at radius 1 is 1.53 bits per heavy atom. The highest BCUT2D eigenvalue weighted by atomic mass is 127. The van der Waals surface area contributed by atoms with Gasteiger partial charge in [0.1, 0.15) is 0 Å². The quantitative estimate of drug-likeness (QED) is 0.441. The van der Waals surface area contributed by atoms with E-state index in [-0.39, 0.29) is 24.0 Å². The Balaban J connectivity index is 0.00000256. The summed E-state index contributed by atoms with van der Waals surface area (Å²) in [7, 11) is 0. The molecule has 2 N–H and O–H groups in total. The van der Waals surface area contributed by atoms with Crippen LogP contribution in [-0.4, -0.2) is 38.3 Å². The van der Waals surface area contributed by atoms with Crippen molar-refractivity contribution in [1.29, 1.82) is 0 Å². The van der Waals surface area contributed by atoms with Crippen molar-refractivity contribution in [2.24, 2.45) is 4.99 Å². The van der Waals surface area contributed by atoms with Gasteiger partial charge in [-0.2, -0.15) is 0 Å². The predicted octanol–water partition coefficient (Wildman–Crippen LogP) is 2.09. The van der Waals surface area contributed by atoms with Crippen molar-refractivity contribution in [2.45, 2.75) is 25.9 Å². The number of aliphatic imine (C=N–C) groups is 1. The number of nitrogens with one attached hydrogen (secondary N) is 2. The van der Waals surface area contributed by atoms with Gasteiger partial charge in [-0.1, -0.05) is 18.2 Å². The molecule has 100 valence electrons. The summed E-state index contributed by atoms with van der Waals surface area (Å²) in [4.78, 5) is 4.28. The molecule has 4 nitrogen and oxygen atoms in total. The van der Waals surface area contributed by atoms with Crippen molar-refractivity contribution >= 4 is 41.5 Å². The number of nitrogens with zero attached hydrogens (tertiary/aromatic N) is 1. The van der Waals surface area contributed by atoms with Crippen LogP contribution in [0.25, 0.3) is 0 Å². The summed E-state index contributed by atoms with van der Waals surface area (Å²) >= 11 is 5.67. The summed E-state index contributed by atoms with van der Waals surface area (Å²) in [6, 6.07) is 0. The van der Waals surface area contributed by atoms with E-state index in [0.717, 1.165) is 38.5 Å². The normalized spacial score (nSPS) is 19.6. The Labute approximate surface area is 125 Å². The molecule has 17 heavy (non-hydrogen) atoms. The molecule has 1 aliphatic heterocycles. The van der Waals surface area contributed by atoms with Crippen molar-refractivity contribution in [3.63, 3.8) is 0 Å². The molecule has 6 heteroatoms. The molecule has 1 atom stereocenters. The van der Waals surface area contributed by atoms with Crippen LogP contribution >= 0.6 is 35.6 Å². The zero-order chi connectivity index (χ0) is 11.8. The van der Waals surface area contributed by atoms with Crippen LogP contribution in [0.1, 0.15) is 19.8 Å². The standard InChI is InChI=1S/C11H20ClN3O.HI/c1-3-13-11(14-7-9(2)12)15-8-10-5-4-6-16-10;/h10H,2-8H2,1H3,(H2,13,14,15);1H. The van der Waals surface area contributed by atoms with Gasteiger partial charge in [-0.15, -0.1) is 24.0 Å². The van der Waals surface area contributed by atoms with Gasteiger partial charge in [0.25, 0.3) is 0 Å². The maximum atomic E-state index is 5.67. The Morgan fingerprint density at radius 2 is 2.29 bits per heavy atom. The molecule has 1 unspecified atom stereocenters. The first-order chi connectivity index (χ1) is 7.72. The SMILES string of the molecule is C=C(Cl)CN=C(NCC)NCC1CCCO1.I. The summed E-state index contributed by atoms with van der Waals surface area (Å²) in [5.74, 6) is 0.764. The molecule has 1 fully saturated rings. The van der Waals surface area contributed by atoms with E-state index in [1.807, 2.05) is 6.92 Å².